The van der Waals surface area contributed by atoms with Crippen LogP contribution in [-0.2, 0) is 0 Å². The highest BCUT2D eigenvalue weighted by atomic mass is 19.1. The van der Waals surface area contributed by atoms with Gasteiger partial charge < -0.3 is 15.3 Å². The maximum Gasteiger partial charge on any atom is 0.317 e. The number of nitrogens with one attached hydrogen (secondary N) is 1. The number of urea groups is 1. The van der Waals surface area contributed by atoms with Crippen LogP contribution in [0, 0.1) is 11.2 Å². The zero-order valence-electron chi connectivity index (χ0n) is 13.9. The molecule has 5 heteroatoms. The molecule has 1 aromatic carbocycles. The lowest BCUT2D eigenvalue weighted by Gasteiger charge is -2.26. The van der Waals surface area contributed by atoms with Crippen LogP contribution >= 0.6 is 0 Å². The Kier molecular flexibility index (Phi) is 6.81. The largest absolute Gasteiger partial charge is 0.396 e. The van der Waals surface area contributed by atoms with Gasteiger partial charge in [-0.2, -0.15) is 0 Å². The number of halogens is 1. The van der Waals surface area contributed by atoms with Crippen LogP contribution in [0.3, 0.4) is 0 Å². The second kappa shape index (κ2) is 8.13. The summed E-state index contributed by atoms with van der Waals surface area (Å²) >= 11 is 0. The number of aliphatic hydroxyl groups is 1. The van der Waals surface area contributed by atoms with E-state index in [2.05, 4.69) is 5.32 Å². The molecule has 0 saturated carbocycles. The van der Waals surface area contributed by atoms with E-state index in [0.717, 1.165) is 18.4 Å². The number of benzene rings is 1. The summed E-state index contributed by atoms with van der Waals surface area (Å²) in [6.45, 7) is 6.61. The monoisotopic (exact) mass is 310 g/mol. The molecule has 2 N–H and O–H groups in total. The number of rotatable bonds is 7. The first-order chi connectivity index (χ1) is 10.3. The molecule has 0 heterocycles. The van der Waals surface area contributed by atoms with Crippen molar-refractivity contribution in [1.82, 2.24) is 10.2 Å². The van der Waals surface area contributed by atoms with Crippen LogP contribution in [0.1, 0.15) is 45.2 Å². The summed E-state index contributed by atoms with van der Waals surface area (Å²) in [5, 5.41) is 12.1. The number of carbonyl (C=O) groups excluding carboxylic acids is 1. The molecule has 0 aliphatic carbocycles. The first-order valence-electron chi connectivity index (χ1n) is 7.64. The Hall–Kier alpha value is -1.62. The second-order valence-electron chi connectivity index (χ2n) is 6.50. The minimum absolute atomic E-state index is 0.113. The molecule has 1 aromatic rings. The summed E-state index contributed by atoms with van der Waals surface area (Å²) in [5.41, 5.74) is 0.776. The third-order valence-electron chi connectivity index (χ3n) is 3.99. The van der Waals surface area contributed by atoms with E-state index in [0.29, 0.717) is 6.54 Å². The number of aliphatic hydroxyl groups excluding tert-OH is 1. The molecule has 2 amide bonds. The molecular formula is C17H27FN2O2. The smallest absolute Gasteiger partial charge is 0.317 e. The highest BCUT2D eigenvalue weighted by Crippen LogP contribution is 2.21. The van der Waals surface area contributed by atoms with E-state index < -0.39 is 0 Å². The van der Waals surface area contributed by atoms with Gasteiger partial charge in [-0.25, -0.2) is 9.18 Å². The molecule has 0 radical (unpaired) electrons. The van der Waals surface area contributed by atoms with Gasteiger partial charge in [0.25, 0.3) is 0 Å². The summed E-state index contributed by atoms with van der Waals surface area (Å²) < 4.78 is 12.9. The molecule has 1 rings (SSSR count). The highest BCUT2D eigenvalue weighted by Gasteiger charge is 2.18. The SMILES string of the molecule is CC(c1ccc(F)cc1)N(C)C(=O)NCCCC(C)(C)CO. The maximum absolute atomic E-state index is 12.9. The maximum atomic E-state index is 12.9. The van der Waals surface area contributed by atoms with Crippen LogP contribution in [0.15, 0.2) is 24.3 Å². The topological polar surface area (TPSA) is 52.6 Å². The van der Waals surface area contributed by atoms with E-state index in [4.69, 9.17) is 0 Å². The van der Waals surface area contributed by atoms with Crippen LogP contribution in [0.5, 0.6) is 0 Å². The average Bonchev–Trinajstić information content (AvgIpc) is 2.50. The first kappa shape index (κ1) is 18.4. The molecule has 1 unspecified atom stereocenters. The van der Waals surface area contributed by atoms with Crippen molar-refractivity contribution in [2.45, 2.75) is 39.7 Å². The third kappa shape index (κ3) is 5.64. The predicted octanol–water partition coefficient (Wildman–Crippen LogP) is 3.33. The van der Waals surface area contributed by atoms with Gasteiger partial charge >= 0.3 is 6.03 Å². The van der Waals surface area contributed by atoms with Gasteiger partial charge in [0.1, 0.15) is 5.82 Å². The lowest BCUT2D eigenvalue weighted by atomic mass is 9.89. The zero-order chi connectivity index (χ0) is 16.8. The van der Waals surface area contributed by atoms with Crippen LogP contribution in [0.4, 0.5) is 9.18 Å². The molecule has 0 bridgehead atoms. The molecule has 0 aliphatic rings. The van der Waals surface area contributed by atoms with E-state index in [-0.39, 0.29) is 29.9 Å². The Labute approximate surface area is 132 Å². The van der Waals surface area contributed by atoms with E-state index >= 15 is 0 Å². The summed E-state index contributed by atoms with van der Waals surface area (Å²) in [4.78, 5) is 13.7. The molecule has 0 fully saturated rings. The van der Waals surface area contributed by atoms with Gasteiger partial charge in [0, 0.05) is 20.2 Å². The zero-order valence-corrected chi connectivity index (χ0v) is 13.9. The Morgan fingerprint density at radius 1 is 1.36 bits per heavy atom. The van der Waals surface area contributed by atoms with Crippen LogP contribution in [-0.4, -0.2) is 36.2 Å². The summed E-state index contributed by atoms with van der Waals surface area (Å²) in [6.07, 6.45) is 1.67. The fraction of sp³-hybridized carbons (Fsp3) is 0.588. The molecule has 0 spiro atoms. The Balaban J connectivity index is 2.43. The summed E-state index contributed by atoms with van der Waals surface area (Å²) in [5.74, 6) is -0.283. The molecule has 1 atom stereocenters. The van der Waals surface area contributed by atoms with E-state index in [1.54, 1.807) is 24.1 Å². The summed E-state index contributed by atoms with van der Waals surface area (Å²) in [6, 6.07) is 5.89. The minimum Gasteiger partial charge on any atom is -0.396 e. The van der Waals surface area contributed by atoms with Gasteiger partial charge in [-0.05, 0) is 42.9 Å². The van der Waals surface area contributed by atoms with Crippen LogP contribution in [0.2, 0.25) is 0 Å². The van der Waals surface area contributed by atoms with Crippen LogP contribution in [0.25, 0.3) is 0 Å². The van der Waals surface area contributed by atoms with Crippen molar-refractivity contribution in [3.8, 4) is 0 Å². The normalized spacial score (nSPS) is 12.8. The van der Waals surface area contributed by atoms with Gasteiger partial charge in [0.05, 0.1) is 6.04 Å². The van der Waals surface area contributed by atoms with Gasteiger partial charge in [-0.3, -0.25) is 0 Å². The molecule has 0 saturated heterocycles. The predicted molar refractivity (Wildman–Crippen MR) is 86.1 cm³/mol. The van der Waals surface area contributed by atoms with Gasteiger partial charge in [-0.1, -0.05) is 26.0 Å². The highest BCUT2D eigenvalue weighted by molar-refractivity contribution is 5.74. The average molecular weight is 310 g/mol. The third-order valence-corrected chi connectivity index (χ3v) is 3.99. The van der Waals surface area contributed by atoms with E-state index in [1.807, 2.05) is 20.8 Å². The quantitative estimate of drug-likeness (QED) is 0.759. The second-order valence-corrected chi connectivity index (χ2v) is 6.50. The van der Waals surface area contributed by atoms with Crippen molar-refractivity contribution in [3.63, 3.8) is 0 Å². The Bertz CT molecular complexity index is 474. The van der Waals surface area contributed by atoms with Crippen molar-refractivity contribution >= 4 is 6.03 Å². The standard InChI is InChI=1S/C17H27FN2O2/c1-13(14-6-8-15(18)9-7-14)20(4)16(22)19-11-5-10-17(2,3)12-21/h6-9,13,21H,5,10-12H2,1-4H3,(H,19,22). The lowest BCUT2D eigenvalue weighted by molar-refractivity contribution is 0.147. The minimum atomic E-state index is -0.283. The molecule has 0 aromatic heterocycles. The molecule has 22 heavy (non-hydrogen) atoms. The molecule has 0 aliphatic heterocycles. The first-order valence-corrected chi connectivity index (χ1v) is 7.64. The van der Waals surface area contributed by atoms with Gasteiger partial charge in [-0.15, -0.1) is 0 Å². The number of hydrogen-bond acceptors (Lipinski definition) is 2. The lowest BCUT2D eigenvalue weighted by Crippen LogP contribution is -2.39. The van der Waals surface area contributed by atoms with Crippen molar-refractivity contribution in [2.24, 2.45) is 5.41 Å². The fourth-order valence-electron chi connectivity index (χ4n) is 2.11. The number of nitrogens with zero attached hydrogens (tertiary/aromatic N) is 1. The Morgan fingerprint density at radius 3 is 2.50 bits per heavy atom. The fourth-order valence-corrected chi connectivity index (χ4v) is 2.11. The summed E-state index contributed by atoms with van der Waals surface area (Å²) in [7, 11) is 1.72. The van der Waals surface area contributed by atoms with Crippen molar-refractivity contribution in [1.29, 1.82) is 0 Å². The molecule has 124 valence electrons. The van der Waals surface area contributed by atoms with E-state index in [9.17, 15) is 14.3 Å². The van der Waals surface area contributed by atoms with Gasteiger partial charge in [0.15, 0.2) is 0 Å². The van der Waals surface area contributed by atoms with Crippen LogP contribution < -0.4 is 5.32 Å². The van der Waals surface area contributed by atoms with E-state index in [1.165, 1.54) is 12.1 Å². The van der Waals surface area contributed by atoms with Crippen molar-refractivity contribution in [3.05, 3.63) is 35.6 Å². The molecular weight excluding hydrogens is 283 g/mol. The van der Waals surface area contributed by atoms with Crippen molar-refractivity contribution < 1.29 is 14.3 Å². The Morgan fingerprint density at radius 2 is 1.95 bits per heavy atom. The van der Waals surface area contributed by atoms with Gasteiger partial charge in [0.2, 0.25) is 0 Å². The number of carbonyl (C=O) groups is 1. The number of amides is 2. The van der Waals surface area contributed by atoms with Crippen molar-refractivity contribution in [2.75, 3.05) is 20.2 Å². The number of hydrogen-bond donors (Lipinski definition) is 2. The molecule has 4 nitrogen and oxygen atoms in total.